The molecule has 0 saturated carbocycles. The topological polar surface area (TPSA) is 41.1 Å². The second-order valence-electron chi connectivity index (χ2n) is 4.50. The minimum absolute atomic E-state index is 0. The van der Waals surface area contributed by atoms with Gasteiger partial charge in [0.15, 0.2) is 0 Å². The van der Waals surface area contributed by atoms with Crippen LogP contribution in [0.3, 0.4) is 0 Å². The number of piperidine rings is 1. The van der Waals surface area contributed by atoms with Crippen molar-refractivity contribution in [1.29, 1.82) is 0 Å². The largest absolute Gasteiger partial charge is 0.323 e. The number of carbonyl (C=O) groups is 1. The van der Waals surface area contributed by atoms with Crippen LogP contribution in [0.1, 0.15) is 18.4 Å². The highest BCUT2D eigenvalue weighted by atomic mass is 35.5. The van der Waals surface area contributed by atoms with Crippen molar-refractivity contribution in [1.82, 2.24) is 5.32 Å². The molecule has 1 aliphatic heterocycles. The molecule has 0 bridgehead atoms. The fraction of sp³-hybridized carbons (Fsp3) is 0.462. The van der Waals surface area contributed by atoms with E-state index in [-0.39, 0.29) is 35.7 Å². The SMILES string of the molecule is Cc1ccc(F)c(NC(=O)C2CCNCC2)c1.Cl. The predicted molar refractivity (Wildman–Crippen MR) is 72.6 cm³/mol. The number of hydrogen-bond donors (Lipinski definition) is 2. The number of carbonyl (C=O) groups excluding carboxylic acids is 1. The number of hydrogen-bond acceptors (Lipinski definition) is 2. The van der Waals surface area contributed by atoms with E-state index in [0.29, 0.717) is 0 Å². The Kier molecular flexibility index (Phi) is 5.56. The number of rotatable bonds is 2. The summed E-state index contributed by atoms with van der Waals surface area (Å²) in [5.41, 5.74) is 1.22. The van der Waals surface area contributed by atoms with Crippen molar-refractivity contribution in [3.05, 3.63) is 29.6 Å². The van der Waals surface area contributed by atoms with Gasteiger partial charge in [-0.2, -0.15) is 0 Å². The summed E-state index contributed by atoms with van der Waals surface area (Å²) in [5, 5.41) is 5.88. The maximum atomic E-state index is 13.5. The van der Waals surface area contributed by atoms with Gasteiger partial charge in [0, 0.05) is 5.92 Å². The van der Waals surface area contributed by atoms with E-state index < -0.39 is 0 Å². The van der Waals surface area contributed by atoms with Crippen molar-refractivity contribution in [2.45, 2.75) is 19.8 Å². The van der Waals surface area contributed by atoms with Crippen molar-refractivity contribution >= 4 is 24.0 Å². The van der Waals surface area contributed by atoms with Gasteiger partial charge in [0.05, 0.1) is 5.69 Å². The maximum Gasteiger partial charge on any atom is 0.227 e. The van der Waals surface area contributed by atoms with Crippen LogP contribution < -0.4 is 10.6 Å². The first-order valence-corrected chi connectivity index (χ1v) is 5.94. The normalized spacial score (nSPS) is 15.9. The zero-order valence-electron chi connectivity index (χ0n) is 10.3. The number of anilines is 1. The van der Waals surface area contributed by atoms with Gasteiger partial charge in [-0.1, -0.05) is 6.07 Å². The summed E-state index contributed by atoms with van der Waals surface area (Å²) in [4.78, 5) is 11.9. The van der Waals surface area contributed by atoms with Crippen LogP contribution >= 0.6 is 12.4 Å². The van der Waals surface area contributed by atoms with Crippen LogP contribution in [0.15, 0.2) is 18.2 Å². The van der Waals surface area contributed by atoms with E-state index in [0.717, 1.165) is 31.5 Å². The van der Waals surface area contributed by atoms with Gasteiger partial charge in [-0.05, 0) is 50.6 Å². The molecule has 0 unspecified atom stereocenters. The molecule has 0 aliphatic carbocycles. The van der Waals surface area contributed by atoms with Gasteiger partial charge in [0.25, 0.3) is 0 Å². The molecule has 0 atom stereocenters. The highest BCUT2D eigenvalue weighted by Gasteiger charge is 2.21. The van der Waals surface area contributed by atoms with Gasteiger partial charge in [0.2, 0.25) is 5.91 Å². The van der Waals surface area contributed by atoms with Gasteiger partial charge < -0.3 is 10.6 Å². The van der Waals surface area contributed by atoms with Gasteiger partial charge in [-0.15, -0.1) is 12.4 Å². The quantitative estimate of drug-likeness (QED) is 0.869. The van der Waals surface area contributed by atoms with Crippen molar-refractivity contribution in [2.24, 2.45) is 5.92 Å². The van der Waals surface area contributed by atoms with Crippen LogP contribution in [0.2, 0.25) is 0 Å². The van der Waals surface area contributed by atoms with Crippen molar-refractivity contribution in [3.63, 3.8) is 0 Å². The Morgan fingerprint density at radius 2 is 2.06 bits per heavy atom. The summed E-state index contributed by atoms with van der Waals surface area (Å²) in [6.07, 6.45) is 1.64. The number of benzene rings is 1. The van der Waals surface area contributed by atoms with E-state index in [4.69, 9.17) is 0 Å². The molecule has 1 fully saturated rings. The highest BCUT2D eigenvalue weighted by Crippen LogP contribution is 2.19. The van der Waals surface area contributed by atoms with Crippen molar-refractivity contribution in [2.75, 3.05) is 18.4 Å². The average molecular weight is 273 g/mol. The van der Waals surface area contributed by atoms with Gasteiger partial charge in [0.1, 0.15) is 5.82 Å². The first-order valence-electron chi connectivity index (χ1n) is 5.94. The zero-order chi connectivity index (χ0) is 12.3. The molecule has 1 saturated heterocycles. The van der Waals surface area contributed by atoms with Crippen LogP contribution in [0.5, 0.6) is 0 Å². The Labute approximate surface area is 113 Å². The summed E-state index contributed by atoms with van der Waals surface area (Å²) in [5.74, 6) is -0.454. The van der Waals surface area contributed by atoms with Gasteiger partial charge in [-0.25, -0.2) is 4.39 Å². The molecular formula is C13H18ClFN2O. The lowest BCUT2D eigenvalue weighted by atomic mass is 9.97. The molecule has 0 aromatic heterocycles. The average Bonchev–Trinajstić information content (AvgIpc) is 2.35. The van der Waals surface area contributed by atoms with Crippen LogP contribution in [0.25, 0.3) is 0 Å². The molecule has 1 heterocycles. The highest BCUT2D eigenvalue weighted by molar-refractivity contribution is 5.92. The molecule has 18 heavy (non-hydrogen) atoms. The van der Waals surface area contributed by atoms with E-state index in [2.05, 4.69) is 10.6 Å². The number of nitrogens with one attached hydrogen (secondary N) is 2. The van der Waals surface area contributed by atoms with E-state index >= 15 is 0 Å². The first kappa shape index (κ1) is 14.9. The summed E-state index contributed by atoms with van der Waals surface area (Å²) in [7, 11) is 0. The molecule has 0 spiro atoms. The minimum Gasteiger partial charge on any atom is -0.323 e. The Morgan fingerprint density at radius 3 is 2.72 bits per heavy atom. The maximum absolute atomic E-state index is 13.5. The first-order chi connectivity index (χ1) is 8.16. The summed E-state index contributed by atoms with van der Waals surface area (Å²) in [6, 6.07) is 4.73. The molecule has 0 radical (unpaired) electrons. The Hall–Kier alpha value is -1.13. The second kappa shape index (κ2) is 6.71. The molecular weight excluding hydrogens is 255 g/mol. The standard InChI is InChI=1S/C13H17FN2O.ClH/c1-9-2-3-11(14)12(8-9)16-13(17)10-4-6-15-7-5-10;/h2-3,8,10,15H,4-7H2,1H3,(H,16,17);1H. The molecule has 5 heteroatoms. The molecule has 1 amide bonds. The predicted octanol–water partition coefficient (Wildman–Crippen LogP) is 2.49. The number of aryl methyl sites for hydroxylation is 1. The summed E-state index contributed by atoms with van der Waals surface area (Å²) >= 11 is 0. The van der Waals surface area contributed by atoms with Gasteiger partial charge >= 0.3 is 0 Å². The lowest BCUT2D eigenvalue weighted by Crippen LogP contribution is -2.34. The molecule has 1 aliphatic rings. The third-order valence-electron chi connectivity index (χ3n) is 3.09. The smallest absolute Gasteiger partial charge is 0.227 e. The summed E-state index contributed by atoms with van der Waals surface area (Å²) in [6.45, 7) is 3.59. The van der Waals surface area contributed by atoms with E-state index in [9.17, 15) is 9.18 Å². The third-order valence-corrected chi connectivity index (χ3v) is 3.09. The fourth-order valence-corrected chi connectivity index (χ4v) is 2.05. The monoisotopic (exact) mass is 272 g/mol. The lowest BCUT2D eigenvalue weighted by molar-refractivity contribution is -0.120. The Bertz CT molecular complexity index is 419. The van der Waals surface area contributed by atoms with E-state index in [1.165, 1.54) is 6.07 Å². The molecule has 3 nitrogen and oxygen atoms in total. The van der Waals surface area contributed by atoms with Crippen LogP contribution in [-0.4, -0.2) is 19.0 Å². The van der Waals surface area contributed by atoms with Gasteiger partial charge in [-0.3, -0.25) is 4.79 Å². The lowest BCUT2D eigenvalue weighted by Gasteiger charge is -2.21. The number of halogens is 2. The van der Waals surface area contributed by atoms with E-state index in [1.807, 2.05) is 6.92 Å². The second-order valence-corrected chi connectivity index (χ2v) is 4.50. The minimum atomic E-state index is -0.377. The third kappa shape index (κ3) is 3.68. The molecule has 2 N–H and O–H groups in total. The fourth-order valence-electron chi connectivity index (χ4n) is 2.05. The molecule has 1 aromatic rings. The van der Waals surface area contributed by atoms with E-state index in [1.54, 1.807) is 12.1 Å². The number of amides is 1. The van der Waals surface area contributed by atoms with Crippen LogP contribution in [0, 0.1) is 18.7 Å². The summed E-state index contributed by atoms with van der Waals surface area (Å²) < 4.78 is 13.5. The Morgan fingerprint density at radius 1 is 1.39 bits per heavy atom. The van der Waals surface area contributed by atoms with Crippen molar-refractivity contribution < 1.29 is 9.18 Å². The van der Waals surface area contributed by atoms with Crippen LogP contribution in [-0.2, 0) is 4.79 Å². The molecule has 100 valence electrons. The molecule has 2 rings (SSSR count). The zero-order valence-corrected chi connectivity index (χ0v) is 11.1. The van der Waals surface area contributed by atoms with Crippen molar-refractivity contribution in [3.8, 4) is 0 Å². The van der Waals surface area contributed by atoms with Crippen LogP contribution in [0.4, 0.5) is 10.1 Å². The molecule has 1 aromatic carbocycles. The Balaban J connectivity index is 0.00000162.